The van der Waals surface area contributed by atoms with Crippen LogP contribution in [0.1, 0.15) is 128 Å². The fraction of sp³-hybridized carbons (Fsp3) is 0.556. The topological polar surface area (TPSA) is 79.8 Å². The quantitative estimate of drug-likeness (QED) is 0.208. The molecule has 4 heterocycles. The number of pyridine rings is 1. The van der Waals surface area contributed by atoms with Crippen LogP contribution in [0.5, 0.6) is 0 Å². The van der Waals surface area contributed by atoms with Gasteiger partial charge in [0.05, 0.1) is 23.8 Å². The van der Waals surface area contributed by atoms with Gasteiger partial charge in [-0.15, -0.1) is 5.69 Å². The molecule has 4 atom stereocenters. The maximum absolute atomic E-state index is 5.09. The summed E-state index contributed by atoms with van der Waals surface area (Å²) in [4.78, 5) is 18.5. The molecule has 4 unspecified atom stereocenters. The number of rotatable bonds is 2. The average Bonchev–Trinajstić information content (AvgIpc) is 3.73. The normalized spacial score (nSPS) is 28.6. The van der Waals surface area contributed by atoms with E-state index in [1.165, 1.54) is 53.6 Å². The number of nitrogens with zero attached hydrogens (tertiary/aromatic N) is 6. The monoisotopic (exact) mass is 755 g/mol. The van der Waals surface area contributed by atoms with E-state index in [0.717, 1.165) is 22.8 Å². The fourth-order valence-corrected chi connectivity index (χ4v) is 9.00. The molecule has 43 heavy (non-hydrogen) atoms. The van der Waals surface area contributed by atoms with E-state index in [0.29, 0.717) is 11.8 Å². The van der Waals surface area contributed by atoms with Gasteiger partial charge in [-0.2, -0.15) is 6.20 Å². The van der Waals surface area contributed by atoms with Crippen molar-refractivity contribution < 1.29 is 21.1 Å². The summed E-state index contributed by atoms with van der Waals surface area (Å²) in [6.45, 7) is 21.0. The summed E-state index contributed by atoms with van der Waals surface area (Å²) in [5, 5.41) is 9.35. The minimum absolute atomic E-state index is 0. The zero-order valence-corrected chi connectivity index (χ0v) is 29.3. The van der Waals surface area contributed by atoms with Crippen molar-refractivity contribution in [2.45, 2.75) is 116 Å². The Morgan fingerprint density at radius 1 is 0.767 bits per heavy atom. The molecule has 6 nitrogen and oxygen atoms in total. The zero-order valence-electron chi connectivity index (χ0n) is 27.0. The fourth-order valence-electron chi connectivity index (χ4n) is 9.00. The molecule has 4 bridgehead atoms. The van der Waals surface area contributed by atoms with Gasteiger partial charge in [-0.05, 0) is 82.4 Å². The van der Waals surface area contributed by atoms with Crippen molar-refractivity contribution in [3.8, 4) is 22.8 Å². The Hall–Kier alpha value is -2.59. The number of hydrogen-bond acceptors (Lipinski definition) is 4. The van der Waals surface area contributed by atoms with Crippen LogP contribution in [0.2, 0.25) is 0 Å². The Morgan fingerprint density at radius 2 is 1.35 bits per heavy atom. The molecule has 0 amide bonds. The molecule has 7 heteroatoms. The zero-order chi connectivity index (χ0) is 29.9. The Morgan fingerprint density at radius 3 is 1.98 bits per heavy atom. The van der Waals surface area contributed by atoms with Crippen molar-refractivity contribution in [3.63, 3.8) is 0 Å². The first kappa shape index (κ1) is 30.4. The van der Waals surface area contributed by atoms with Crippen molar-refractivity contribution in [1.82, 2.24) is 30.1 Å². The first-order valence-corrected chi connectivity index (χ1v) is 15.6. The Kier molecular flexibility index (Phi) is 6.87. The van der Waals surface area contributed by atoms with Crippen LogP contribution in [0, 0.1) is 10.8 Å². The maximum Gasteiger partial charge on any atom is 2.00 e. The van der Waals surface area contributed by atoms with E-state index in [1.54, 1.807) is 0 Å². The summed E-state index contributed by atoms with van der Waals surface area (Å²) >= 11 is 0. The van der Waals surface area contributed by atoms with E-state index >= 15 is 0 Å². The summed E-state index contributed by atoms with van der Waals surface area (Å²) in [6, 6.07) is 4.11. The van der Waals surface area contributed by atoms with Crippen LogP contribution in [-0.2, 0) is 37.3 Å². The summed E-state index contributed by atoms with van der Waals surface area (Å²) < 4.78 is 0. The molecule has 8 rings (SSSR count). The van der Waals surface area contributed by atoms with Gasteiger partial charge in [0.25, 0.3) is 0 Å². The third-order valence-electron chi connectivity index (χ3n) is 12.6. The van der Waals surface area contributed by atoms with Crippen LogP contribution < -0.4 is 10.1 Å². The number of aromatic nitrogens is 6. The van der Waals surface area contributed by atoms with Crippen molar-refractivity contribution in [1.29, 1.82) is 0 Å². The van der Waals surface area contributed by atoms with Crippen LogP contribution in [-0.4, -0.2) is 20.1 Å². The van der Waals surface area contributed by atoms with Crippen LogP contribution in [0.15, 0.2) is 43.1 Å². The van der Waals surface area contributed by atoms with Gasteiger partial charge in [-0.1, -0.05) is 79.1 Å². The molecule has 0 N–H and O–H groups in total. The molecule has 4 aliphatic rings. The third-order valence-corrected chi connectivity index (χ3v) is 12.6. The standard InChI is InChI=1S/C27H31N5.C9H13N.Pt/c1-24(2)14-7-9-26(24,5)16-11-29-21(19(14)16)17-12-28-13-18(30-17)22-20-15-8-10-27(6,25(15,3)4)23(20)32-31-22;1-9(2,3)8-4-6-10-7-5-8;/h11-15H,7-10H2,1-6H3;4-7H,1-3H3;/q-2;;+2. The predicted molar refractivity (Wildman–Crippen MR) is 166 cm³/mol. The third kappa shape index (κ3) is 4.00. The summed E-state index contributed by atoms with van der Waals surface area (Å²) in [6.07, 6.45) is 14.4. The first-order valence-electron chi connectivity index (χ1n) is 15.6. The van der Waals surface area contributed by atoms with E-state index in [4.69, 9.17) is 15.1 Å². The van der Waals surface area contributed by atoms with Gasteiger partial charge >= 0.3 is 21.1 Å². The minimum Gasteiger partial charge on any atom is -0.662 e. The van der Waals surface area contributed by atoms with Crippen LogP contribution >= 0.6 is 0 Å². The van der Waals surface area contributed by atoms with Crippen LogP contribution in [0.25, 0.3) is 22.8 Å². The van der Waals surface area contributed by atoms with Gasteiger partial charge < -0.3 is 15.2 Å². The Labute approximate surface area is 271 Å². The van der Waals surface area contributed by atoms with Gasteiger partial charge in [-0.25, -0.2) is 4.98 Å². The molecule has 0 saturated heterocycles. The molecule has 4 aromatic heterocycles. The Bertz CT molecular complexity index is 1580. The largest absolute Gasteiger partial charge is 2.00 e. The molecule has 2 fully saturated rings. The predicted octanol–water partition coefficient (Wildman–Crippen LogP) is 7.85. The number of hydrogen-bond donors (Lipinski definition) is 0. The summed E-state index contributed by atoms with van der Waals surface area (Å²) in [5.74, 6) is 1.04. The molecule has 2 saturated carbocycles. The van der Waals surface area contributed by atoms with E-state index < -0.39 is 0 Å². The number of fused-ring (bicyclic) bond motifs is 10. The molecule has 0 aromatic carbocycles. The molecule has 4 aliphatic carbocycles. The maximum atomic E-state index is 5.09. The minimum atomic E-state index is 0. The summed E-state index contributed by atoms with van der Waals surface area (Å²) in [7, 11) is 0. The second kappa shape index (κ2) is 9.70. The second-order valence-electron chi connectivity index (χ2n) is 15.8. The molecular formula is C36H44N6Pt. The van der Waals surface area contributed by atoms with Crippen molar-refractivity contribution in [2.75, 3.05) is 0 Å². The van der Waals surface area contributed by atoms with Crippen LogP contribution in [0.3, 0.4) is 0 Å². The van der Waals surface area contributed by atoms with Crippen molar-refractivity contribution >= 4 is 0 Å². The van der Waals surface area contributed by atoms with E-state index in [-0.39, 0.29) is 48.1 Å². The van der Waals surface area contributed by atoms with E-state index in [2.05, 4.69) is 95.7 Å². The first-order chi connectivity index (χ1) is 19.7. The van der Waals surface area contributed by atoms with Gasteiger partial charge in [0.15, 0.2) is 0 Å². The second-order valence-corrected chi connectivity index (χ2v) is 15.8. The Balaban J connectivity index is 0.000000258. The molecule has 0 aliphatic heterocycles. The average molecular weight is 756 g/mol. The summed E-state index contributed by atoms with van der Waals surface area (Å²) in [5.41, 5.74) is 11.4. The van der Waals surface area contributed by atoms with E-state index in [9.17, 15) is 0 Å². The molecule has 0 radical (unpaired) electrons. The molecule has 4 aromatic rings. The van der Waals surface area contributed by atoms with Gasteiger partial charge in [0.1, 0.15) is 0 Å². The van der Waals surface area contributed by atoms with Crippen molar-refractivity contribution in [3.05, 3.63) is 71.1 Å². The smallest absolute Gasteiger partial charge is 0.662 e. The SMILES string of the molecule is CC(C)(C)c1ccncc1.CC12CCC(c3c1c[n-]c3-c1cncc(-c3[n-]nc4c3C3CCC4(C)C3(C)C)n1)C2(C)C.[Pt+2]. The molecule has 0 spiro atoms. The molecular weight excluding hydrogens is 712 g/mol. The van der Waals surface area contributed by atoms with Gasteiger partial charge in [0, 0.05) is 23.5 Å². The van der Waals surface area contributed by atoms with Gasteiger partial charge in [0.2, 0.25) is 0 Å². The van der Waals surface area contributed by atoms with E-state index in [1.807, 2.05) is 24.8 Å². The van der Waals surface area contributed by atoms with Gasteiger partial charge in [-0.3, -0.25) is 9.97 Å². The van der Waals surface area contributed by atoms with Crippen LogP contribution in [0.4, 0.5) is 0 Å². The molecule has 228 valence electrons. The van der Waals surface area contributed by atoms with Crippen molar-refractivity contribution in [2.24, 2.45) is 10.8 Å².